The number of hydrogen-bond donors (Lipinski definition) is 2. The lowest BCUT2D eigenvalue weighted by Gasteiger charge is -2.29. The molecule has 0 saturated carbocycles. The van der Waals surface area contributed by atoms with Gasteiger partial charge in [-0.1, -0.05) is 0 Å². The van der Waals surface area contributed by atoms with E-state index in [4.69, 9.17) is 0 Å². The molecule has 0 bridgehead atoms. The van der Waals surface area contributed by atoms with Gasteiger partial charge in [0, 0.05) is 18.5 Å². The Morgan fingerprint density at radius 3 is 2.93 bits per heavy atom. The van der Waals surface area contributed by atoms with Crippen molar-refractivity contribution in [3.8, 4) is 0 Å². The SMILES string of the molecule is O=C(NN1CCC(O)CC1)c1cscn1. The fourth-order valence-corrected chi connectivity index (χ4v) is 2.04. The fraction of sp³-hybridized carbons (Fsp3) is 0.556. The van der Waals surface area contributed by atoms with Gasteiger partial charge in [0.2, 0.25) is 0 Å². The van der Waals surface area contributed by atoms with Crippen LogP contribution in [0.5, 0.6) is 0 Å². The van der Waals surface area contributed by atoms with Crippen LogP contribution in [0.2, 0.25) is 0 Å². The number of carbonyl (C=O) groups is 1. The quantitative estimate of drug-likeness (QED) is 0.760. The first kappa shape index (κ1) is 10.5. The van der Waals surface area contributed by atoms with E-state index in [1.54, 1.807) is 10.9 Å². The fourth-order valence-electron chi connectivity index (χ4n) is 1.50. The molecule has 5 nitrogen and oxygen atoms in total. The summed E-state index contributed by atoms with van der Waals surface area (Å²) in [5.74, 6) is -0.173. The smallest absolute Gasteiger partial charge is 0.285 e. The van der Waals surface area contributed by atoms with Crippen LogP contribution in [-0.2, 0) is 0 Å². The van der Waals surface area contributed by atoms with Crippen molar-refractivity contribution in [2.24, 2.45) is 0 Å². The molecule has 0 atom stereocenters. The summed E-state index contributed by atoms with van der Waals surface area (Å²) in [6.07, 6.45) is 1.19. The molecule has 0 radical (unpaired) electrons. The van der Waals surface area contributed by atoms with E-state index in [1.807, 2.05) is 5.01 Å². The van der Waals surface area contributed by atoms with Crippen molar-refractivity contribution in [2.75, 3.05) is 13.1 Å². The summed E-state index contributed by atoms with van der Waals surface area (Å²) in [4.78, 5) is 15.5. The number of aliphatic hydroxyl groups is 1. The first-order chi connectivity index (χ1) is 7.25. The number of thiazole rings is 1. The molecule has 0 unspecified atom stereocenters. The molecule has 0 spiro atoms. The lowest BCUT2D eigenvalue weighted by molar-refractivity contribution is 0.0464. The van der Waals surface area contributed by atoms with E-state index >= 15 is 0 Å². The summed E-state index contributed by atoms with van der Waals surface area (Å²) in [5, 5.41) is 12.8. The average Bonchev–Trinajstić information content (AvgIpc) is 2.74. The highest BCUT2D eigenvalue weighted by Gasteiger charge is 2.19. The summed E-state index contributed by atoms with van der Waals surface area (Å²) >= 11 is 1.40. The van der Waals surface area contributed by atoms with E-state index < -0.39 is 0 Å². The van der Waals surface area contributed by atoms with E-state index in [0.29, 0.717) is 31.6 Å². The van der Waals surface area contributed by atoms with E-state index in [9.17, 15) is 9.90 Å². The maximum absolute atomic E-state index is 11.6. The van der Waals surface area contributed by atoms with Crippen molar-refractivity contribution in [1.29, 1.82) is 0 Å². The van der Waals surface area contributed by atoms with Crippen molar-refractivity contribution < 1.29 is 9.90 Å². The molecule has 1 amide bonds. The van der Waals surface area contributed by atoms with Gasteiger partial charge >= 0.3 is 0 Å². The Bertz CT molecular complexity index is 320. The molecule has 15 heavy (non-hydrogen) atoms. The predicted molar refractivity (Wildman–Crippen MR) is 56.4 cm³/mol. The number of hydrogen-bond acceptors (Lipinski definition) is 5. The zero-order valence-corrected chi connectivity index (χ0v) is 9.04. The molecule has 82 valence electrons. The molecule has 0 aromatic carbocycles. The minimum atomic E-state index is -0.225. The molecule has 1 aliphatic rings. The highest BCUT2D eigenvalue weighted by atomic mass is 32.1. The Kier molecular flexibility index (Phi) is 3.30. The van der Waals surface area contributed by atoms with Crippen molar-refractivity contribution in [2.45, 2.75) is 18.9 Å². The van der Waals surface area contributed by atoms with Crippen LogP contribution in [0, 0.1) is 0 Å². The molecular formula is C9H13N3O2S. The Morgan fingerprint density at radius 2 is 2.33 bits per heavy atom. The van der Waals surface area contributed by atoms with E-state index in [-0.39, 0.29) is 12.0 Å². The van der Waals surface area contributed by atoms with Crippen LogP contribution in [0.15, 0.2) is 10.9 Å². The van der Waals surface area contributed by atoms with Gasteiger partial charge in [-0.2, -0.15) is 0 Å². The monoisotopic (exact) mass is 227 g/mol. The molecule has 2 heterocycles. The maximum Gasteiger partial charge on any atom is 0.285 e. The lowest BCUT2D eigenvalue weighted by atomic mass is 10.1. The van der Waals surface area contributed by atoms with Gasteiger partial charge in [-0.15, -0.1) is 11.3 Å². The molecule has 2 N–H and O–H groups in total. The molecule has 1 fully saturated rings. The number of nitrogens with one attached hydrogen (secondary N) is 1. The topological polar surface area (TPSA) is 65.5 Å². The van der Waals surface area contributed by atoms with Crippen LogP contribution >= 0.6 is 11.3 Å². The Morgan fingerprint density at radius 1 is 1.60 bits per heavy atom. The lowest BCUT2D eigenvalue weighted by Crippen LogP contribution is -2.47. The third-order valence-corrected chi connectivity index (χ3v) is 2.98. The second-order valence-corrected chi connectivity index (χ2v) is 4.25. The molecule has 6 heteroatoms. The number of piperidine rings is 1. The summed E-state index contributed by atoms with van der Waals surface area (Å²) in [6, 6.07) is 0. The first-order valence-electron chi connectivity index (χ1n) is 4.88. The largest absolute Gasteiger partial charge is 0.393 e. The van der Waals surface area contributed by atoms with Gasteiger partial charge in [0.05, 0.1) is 11.6 Å². The van der Waals surface area contributed by atoms with Crippen LogP contribution in [-0.4, -0.2) is 40.2 Å². The predicted octanol–water partition coefficient (Wildman–Crippen LogP) is 0.245. The number of amides is 1. The maximum atomic E-state index is 11.6. The highest BCUT2D eigenvalue weighted by molar-refractivity contribution is 7.07. The summed E-state index contributed by atoms with van der Waals surface area (Å²) < 4.78 is 0. The number of aliphatic hydroxyl groups excluding tert-OH is 1. The van der Waals surface area contributed by atoms with Crippen LogP contribution in [0.1, 0.15) is 23.3 Å². The molecule has 0 aliphatic carbocycles. The highest BCUT2D eigenvalue weighted by Crippen LogP contribution is 2.08. The number of carbonyl (C=O) groups excluding carboxylic acids is 1. The Labute approximate surface area is 91.7 Å². The molecule has 1 aliphatic heterocycles. The van der Waals surface area contributed by atoms with Crippen molar-refractivity contribution in [3.05, 3.63) is 16.6 Å². The number of rotatable bonds is 2. The molecular weight excluding hydrogens is 214 g/mol. The van der Waals surface area contributed by atoms with Crippen molar-refractivity contribution in [3.63, 3.8) is 0 Å². The van der Waals surface area contributed by atoms with Crippen LogP contribution < -0.4 is 5.43 Å². The molecule has 1 saturated heterocycles. The molecule has 1 aromatic heterocycles. The van der Waals surface area contributed by atoms with Gasteiger partial charge in [-0.3, -0.25) is 10.2 Å². The van der Waals surface area contributed by atoms with Gasteiger partial charge in [-0.25, -0.2) is 9.99 Å². The minimum absolute atomic E-state index is 0.173. The summed E-state index contributed by atoms with van der Waals surface area (Å²) in [5.41, 5.74) is 4.85. The third kappa shape index (κ3) is 2.74. The van der Waals surface area contributed by atoms with E-state index in [1.165, 1.54) is 11.3 Å². The van der Waals surface area contributed by atoms with Crippen molar-refractivity contribution in [1.82, 2.24) is 15.4 Å². The van der Waals surface area contributed by atoms with Gasteiger partial charge < -0.3 is 5.11 Å². The molecule has 2 rings (SSSR count). The number of nitrogens with zero attached hydrogens (tertiary/aromatic N) is 2. The van der Waals surface area contributed by atoms with Gasteiger partial charge in [0.15, 0.2) is 0 Å². The van der Waals surface area contributed by atoms with Crippen LogP contribution in [0.4, 0.5) is 0 Å². The Balaban J connectivity index is 1.85. The van der Waals surface area contributed by atoms with Gasteiger partial charge in [0.25, 0.3) is 5.91 Å². The van der Waals surface area contributed by atoms with Gasteiger partial charge in [-0.05, 0) is 12.8 Å². The minimum Gasteiger partial charge on any atom is -0.393 e. The normalized spacial score (nSPS) is 19.0. The van der Waals surface area contributed by atoms with Gasteiger partial charge in [0.1, 0.15) is 5.69 Å². The Hall–Kier alpha value is -0.980. The number of hydrazine groups is 1. The standard InChI is InChI=1S/C9H13N3O2S/c13-7-1-3-12(4-2-7)11-9(14)8-5-15-6-10-8/h5-7,13H,1-4H2,(H,11,14). The first-order valence-corrected chi connectivity index (χ1v) is 5.82. The van der Waals surface area contributed by atoms with Crippen LogP contribution in [0.3, 0.4) is 0 Å². The zero-order valence-electron chi connectivity index (χ0n) is 8.22. The van der Waals surface area contributed by atoms with E-state index in [2.05, 4.69) is 10.4 Å². The van der Waals surface area contributed by atoms with Crippen molar-refractivity contribution >= 4 is 17.2 Å². The van der Waals surface area contributed by atoms with Crippen LogP contribution in [0.25, 0.3) is 0 Å². The second kappa shape index (κ2) is 4.69. The molecule has 1 aromatic rings. The van der Waals surface area contributed by atoms with E-state index in [0.717, 1.165) is 0 Å². The average molecular weight is 227 g/mol. The third-order valence-electron chi connectivity index (χ3n) is 2.39. The summed E-state index contributed by atoms with van der Waals surface area (Å²) in [7, 11) is 0. The number of aromatic nitrogens is 1. The second-order valence-electron chi connectivity index (χ2n) is 3.53. The summed E-state index contributed by atoms with van der Waals surface area (Å²) in [6.45, 7) is 1.38. The zero-order chi connectivity index (χ0) is 10.7.